The molecule has 62 heavy (non-hydrogen) atoms. The average Bonchev–Trinajstić information content (AvgIpc) is 3.69. The van der Waals surface area contributed by atoms with E-state index < -0.39 is 35.7 Å². The number of alkyl carbamates (subject to hydrolysis) is 2. The van der Waals surface area contributed by atoms with E-state index >= 15 is 0 Å². The zero-order valence-electron chi connectivity index (χ0n) is 38.8. The molecule has 13 nitrogen and oxygen atoms in total. The topological polar surface area (TPSA) is 177 Å². The Morgan fingerprint density at radius 2 is 1.53 bits per heavy atom. The van der Waals surface area contributed by atoms with E-state index in [4.69, 9.17) is 9.47 Å². The number of carbonyl (C=O) groups is 7. The monoisotopic (exact) mass is 861 g/mol. The molecule has 1 fully saturated rings. The largest absolute Gasteiger partial charge is 0.450 e. The van der Waals surface area contributed by atoms with Crippen molar-refractivity contribution in [2.75, 3.05) is 19.7 Å². The van der Waals surface area contributed by atoms with E-state index in [2.05, 4.69) is 29.8 Å². The summed E-state index contributed by atoms with van der Waals surface area (Å²) in [5, 5.41) is 8.63. The second-order valence-corrected chi connectivity index (χ2v) is 18.5. The molecule has 3 rings (SSSR count). The third kappa shape index (κ3) is 16.7. The highest BCUT2D eigenvalue weighted by atomic mass is 16.6. The van der Waals surface area contributed by atoms with Gasteiger partial charge in [-0.15, -0.1) is 0 Å². The molecule has 0 radical (unpaired) electrons. The predicted octanol–water partition coefficient (Wildman–Crippen LogP) is 7.91. The summed E-state index contributed by atoms with van der Waals surface area (Å²) in [4.78, 5) is 93.8. The molecule has 1 aromatic carbocycles. The molecule has 0 spiro atoms. The van der Waals surface area contributed by atoms with Crippen LogP contribution < -0.4 is 16.0 Å². The Balaban J connectivity index is 1.62. The third-order valence-corrected chi connectivity index (χ3v) is 11.1. The van der Waals surface area contributed by atoms with Crippen LogP contribution in [-0.2, 0) is 39.9 Å². The van der Waals surface area contributed by atoms with Crippen LogP contribution in [0.4, 0.5) is 9.59 Å². The Kier molecular flexibility index (Phi) is 20.3. The van der Waals surface area contributed by atoms with Crippen LogP contribution in [0.2, 0.25) is 0 Å². The van der Waals surface area contributed by atoms with Gasteiger partial charge in [0.05, 0.1) is 24.6 Å². The van der Waals surface area contributed by atoms with Gasteiger partial charge in [0.2, 0.25) is 11.8 Å². The number of carbonyl (C=O) groups excluding carboxylic acids is 7. The molecule has 0 saturated carbocycles. The first kappa shape index (κ1) is 51.3. The summed E-state index contributed by atoms with van der Waals surface area (Å²) in [6, 6.07) is 8.54. The van der Waals surface area contributed by atoms with Crippen molar-refractivity contribution in [1.82, 2.24) is 20.9 Å². The van der Waals surface area contributed by atoms with E-state index in [1.165, 1.54) is 0 Å². The predicted molar refractivity (Wildman–Crippen MR) is 240 cm³/mol. The maximum Gasteiger partial charge on any atom is 0.408 e. The highest BCUT2D eigenvalue weighted by Crippen LogP contribution is 2.28. The second kappa shape index (κ2) is 24.5. The highest BCUT2D eigenvalue weighted by Gasteiger charge is 2.38. The van der Waals surface area contributed by atoms with Crippen molar-refractivity contribution >= 4 is 41.4 Å². The zero-order valence-corrected chi connectivity index (χ0v) is 38.8. The fourth-order valence-corrected chi connectivity index (χ4v) is 7.84. The molecule has 3 N–H and O–H groups in total. The van der Waals surface area contributed by atoms with E-state index in [1.54, 1.807) is 46.4 Å². The van der Waals surface area contributed by atoms with Gasteiger partial charge in [-0.25, -0.2) is 9.59 Å². The Morgan fingerprint density at radius 3 is 2.18 bits per heavy atom. The summed E-state index contributed by atoms with van der Waals surface area (Å²) in [6.45, 7) is 19.0. The molecule has 1 aliphatic carbocycles. The quantitative estimate of drug-likeness (QED) is 0.0594. The SMILES string of the molecule is CC1=C(C)C(=O)C(CCCOC(=O)NCCCC[C@H](CC(=O)[C@@H]2CCCN2C(=O)[C@H](/C=C/[C@H](CC(C)C)NC(=O)OC(C)(C)C)Cc2ccccc2)C(=O)NC(C)C)=C(C)C1=O. The minimum absolute atomic E-state index is 0.0170. The van der Waals surface area contributed by atoms with Crippen LogP contribution in [0, 0.1) is 17.8 Å². The van der Waals surface area contributed by atoms with E-state index in [0.29, 0.717) is 93.2 Å². The van der Waals surface area contributed by atoms with E-state index in [9.17, 15) is 33.6 Å². The summed E-state index contributed by atoms with van der Waals surface area (Å²) in [7, 11) is 0. The first-order valence-electron chi connectivity index (χ1n) is 22.4. The van der Waals surface area contributed by atoms with E-state index in [0.717, 1.165) is 5.56 Å². The molecule has 1 heterocycles. The van der Waals surface area contributed by atoms with Gasteiger partial charge in [-0.2, -0.15) is 0 Å². The smallest absolute Gasteiger partial charge is 0.408 e. The Hall–Kier alpha value is -5.07. The van der Waals surface area contributed by atoms with Crippen molar-refractivity contribution in [3.8, 4) is 0 Å². The van der Waals surface area contributed by atoms with E-state index in [-0.39, 0.29) is 60.2 Å². The number of ketones is 3. The number of unbranched alkanes of at least 4 members (excludes halogenated alkanes) is 1. The zero-order chi connectivity index (χ0) is 46.1. The lowest BCUT2D eigenvalue weighted by molar-refractivity contribution is -0.140. The molecular weight excluding hydrogens is 789 g/mol. The van der Waals surface area contributed by atoms with Crippen LogP contribution in [0.5, 0.6) is 0 Å². The fourth-order valence-electron chi connectivity index (χ4n) is 7.84. The van der Waals surface area contributed by atoms with Gasteiger partial charge in [0, 0.05) is 53.8 Å². The number of ether oxygens (including phenoxy) is 2. The number of likely N-dealkylation sites (tertiary alicyclic amines) is 1. The maximum absolute atomic E-state index is 14.4. The summed E-state index contributed by atoms with van der Waals surface area (Å²) in [6.07, 6.45) is 7.04. The molecule has 1 saturated heterocycles. The number of amides is 4. The Morgan fingerprint density at radius 1 is 0.855 bits per heavy atom. The number of hydrogen-bond acceptors (Lipinski definition) is 9. The lowest BCUT2D eigenvalue weighted by Crippen LogP contribution is -2.45. The van der Waals surface area contributed by atoms with Crippen LogP contribution in [0.3, 0.4) is 0 Å². The minimum Gasteiger partial charge on any atom is -0.450 e. The maximum atomic E-state index is 14.4. The average molecular weight is 861 g/mol. The molecule has 342 valence electrons. The third-order valence-electron chi connectivity index (χ3n) is 11.1. The van der Waals surface area contributed by atoms with Gasteiger partial charge in [-0.05, 0) is 118 Å². The van der Waals surface area contributed by atoms with Gasteiger partial charge < -0.3 is 30.3 Å². The van der Waals surface area contributed by atoms with Crippen molar-refractivity contribution < 1.29 is 43.0 Å². The van der Waals surface area contributed by atoms with Gasteiger partial charge in [-0.3, -0.25) is 24.0 Å². The molecule has 0 bridgehead atoms. The molecule has 13 heteroatoms. The molecule has 2 aliphatic rings. The standard InChI is InChI=1S/C49H72N4O9/c1-31(2)28-39(52-48(60)62-49(8,9)10)24-23-38(29-36-18-12-11-13-19-36)46(58)53-26-16-22-41(53)42(54)30-37(45(57)51-32(3)4)20-14-15-25-50-47(59)61-27-17-21-40-35(7)43(55)33(5)34(6)44(40)56/h11-13,18-19,23-24,31-32,37-39,41H,14-17,20-22,25-30H2,1-10H3,(H,50,59)(H,51,57)(H,52,60)/b24-23+/t37-,38-,39-,41+/m1/s1. The Labute approximate surface area is 369 Å². The number of rotatable bonds is 22. The molecule has 4 amide bonds. The molecule has 1 aromatic rings. The number of nitrogens with zero attached hydrogens (tertiary/aromatic N) is 1. The lowest BCUT2D eigenvalue weighted by Gasteiger charge is -2.29. The van der Waals surface area contributed by atoms with Crippen LogP contribution in [0.25, 0.3) is 0 Å². The second-order valence-electron chi connectivity index (χ2n) is 18.5. The fraction of sp³-hybridized carbons (Fsp3) is 0.612. The molecule has 1 aliphatic heterocycles. The van der Waals surface area contributed by atoms with Crippen molar-refractivity contribution in [1.29, 1.82) is 0 Å². The number of nitrogens with one attached hydrogen (secondary N) is 3. The van der Waals surface area contributed by atoms with Crippen molar-refractivity contribution in [3.05, 3.63) is 70.3 Å². The highest BCUT2D eigenvalue weighted by molar-refractivity contribution is 6.24. The van der Waals surface area contributed by atoms with Crippen LogP contribution in [0.15, 0.2) is 64.8 Å². The van der Waals surface area contributed by atoms with Gasteiger partial charge in [0.1, 0.15) is 5.60 Å². The number of Topliss-reactive ketones (excluding diaryl/α,β-unsaturated/α-hetero) is 3. The van der Waals surface area contributed by atoms with Crippen LogP contribution in [-0.4, -0.2) is 89.7 Å². The number of hydrogen-bond donors (Lipinski definition) is 3. The summed E-state index contributed by atoms with van der Waals surface area (Å²) < 4.78 is 10.8. The molecule has 0 unspecified atom stereocenters. The van der Waals surface area contributed by atoms with Crippen molar-refractivity contribution in [2.45, 2.75) is 157 Å². The number of benzene rings is 1. The van der Waals surface area contributed by atoms with Gasteiger partial charge in [0.15, 0.2) is 17.3 Å². The van der Waals surface area contributed by atoms with Crippen LogP contribution in [0.1, 0.15) is 133 Å². The van der Waals surface area contributed by atoms with Crippen molar-refractivity contribution in [2.24, 2.45) is 17.8 Å². The summed E-state index contributed by atoms with van der Waals surface area (Å²) in [5.41, 5.74) is 2.12. The minimum atomic E-state index is -0.665. The first-order chi connectivity index (χ1) is 29.2. The molecular formula is C49H72N4O9. The summed E-state index contributed by atoms with van der Waals surface area (Å²) in [5.74, 6) is -1.77. The van der Waals surface area contributed by atoms with E-state index in [1.807, 2.05) is 56.3 Å². The van der Waals surface area contributed by atoms with Gasteiger partial charge >= 0.3 is 12.2 Å². The molecule has 0 aromatic heterocycles. The van der Waals surface area contributed by atoms with Gasteiger partial charge in [0.25, 0.3) is 0 Å². The van der Waals surface area contributed by atoms with Crippen molar-refractivity contribution in [3.63, 3.8) is 0 Å². The molecule has 4 atom stereocenters. The summed E-state index contributed by atoms with van der Waals surface area (Å²) >= 11 is 0. The Bertz CT molecular complexity index is 1840. The first-order valence-corrected chi connectivity index (χ1v) is 22.4. The normalized spacial score (nSPS) is 17.4. The number of allylic oxidation sites excluding steroid dienone is 4. The lowest BCUT2D eigenvalue weighted by atomic mass is 9.84. The van der Waals surface area contributed by atoms with Gasteiger partial charge in [-0.1, -0.05) is 62.8 Å². The van der Waals surface area contributed by atoms with Crippen LogP contribution >= 0.6 is 0 Å².